The minimum absolute atomic E-state index is 0.0642. The Kier molecular flexibility index (Phi) is 4.20. The number of likely N-dealkylation sites (tertiary alicyclic amines) is 1. The fourth-order valence-electron chi connectivity index (χ4n) is 2.30. The highest BCUT2D eigenvalue weighted by atomic mass is 16.3. The van der Waals surface area contributed by atoms with E-state index < -0.39 is 0 Å². The molecule has 0 saturated carbocycles. The van der Waals surface area contributed by atoms with Crippen molar-refractivity contribution in [1.29, 1.82) is 0 Å². The van der Waals surface area contributed by atoms with E-state index in [0.717, 1.165) is 25.6 Å². The first-order valence-corrected chi connectivity index (χ1v) is 5.61. The Morgan fingerprint density at radius 2 is 2.00 bits per heavy atom. The molecule has 0 aliphatic carbocycles. The first kappa shape index (κ1) is 11.0. The van der Waals surface area contributed by atoms with Crippen molar-refractivity contribution in [2.45, 2.75) is 52.2 Å². The lowest BCUT2D eigenvalue weighted by atomic mass is 9.94. The summed E-state index contributed by atoms with van der Waals surface area (Å²) in [4.78, 5) is 2.54. The third-order valence-electron chi connectivity index (χ3n) is 3.35. The van der Waals surface area contributed by atoms with Gasteiger partial charge in [-0.1, -0.05) is 20.8 Å². The van der Waals surface area contributed by atoms with Crippen LogP contribution in [0.25, 0.3) is 0 Å². The van der Waals surface area contributed by atoms with Crippen molar-refractivity contribution < 1.29 is 5.11 Å². The molecule has 0 amide bonds. The van der Waals surface area contributed by atoms with Gasteiger partial charge in [0.1, 0.15) is 0 Å². The molecule has 1 heterocycles. The summed E-state index contributed by atoms with van der Waals surface area (Å²) in [6.45, 7) is 8.82. The average Bonchev–Trinajstić information content (AvgIpc) is 2.13. The smallest absolute Gasteiger partial charge is 0.0590 e. The Morgan fingerprint density at radius 1 is 1.38 bits per heavy atom. The van der Waals surface area contributed by atoms with Crippen LogP contribution in [0.15, 0.2) is 0 Å². The van der Waals surface area contributed by atoms with Gasteiger partial charge in [-0.15, -0.1) is 0 Å². The third-order valence-corrected chi connectivity index (χ3v) is 3.35. The fourth-order valence-corrected chi connectivity index (χ4v) is 2.30. The molecule has 0 spiro atoms. The summed E-state index contributed by atoms with van der Waals surface area (Å²) in [6.07, 6.45) is 3.36. The standard InChI is InChI=1S/C11H23NO/c1-4-10(5-2)12-7-6-11(13)9(3)8-12/h9-11,13H,4-8H2,1-3H3. The molecular weight excluding hydrogens is 162 g/mol. The second kappa shape index (κ2) is 4.97. The van der Waals surface area contributed by atoms with E-state index in [1.165, 1.54) is 12.8 Å². The van der Waals surface area contributed by atoms with Crippen molar-refractivity contribution in [1.82, 2.24) is 4.90 Å². The molecule has 2 nitrogen and oxygen atoms in total. The molecule has 0 aromatic carbocycles. The molecule has 13 heavy (non-hydrogen) atoms. The van der Waals surface area contributed by atoms with Crippen molar-refractivity contribution in [2.24, 2.45) is 5.92 Å². The number of nitrogens with zero attached hydrogens (tertiary/aromatic N) is 1. The minimum atomic E-state index is -0.0642. The monoisotopic (exact) mass is 185 g/mol. The molecule has 2 unspecified atom stereocenters. The molecule has 2 heteroatoms. The molecule has 1 N–H and O–H groups in total. The Labute approximate surface area is 81.9 Å². The molecule has 0 aromatic rings. The van der Waals surface area contributed by atoms with Crippen LogP contribution in [0.3, 0.4) is 0 Å². The molecule has 1 aliphatic rings. The van der Waals surface area contributed by atoms with E-state index in [2.05, 4.69) is 25.7 Å². The van der Waals surface area contributed by atoms with Crippen molar-refractivity contribution in [3.63, 3.8) is 0 Å². The van der Waals surface area contributed by atoms with E-state index >= 15 is 0 Å². The lowest BCUT2D eigenvalue weighted by Gasteiger charge is -2.38. The summed E-state index contributed by atoms with van der Waals surface area (Å²) >= 11 is 0. The summed E-state index contributed by atoms with van der Waals surface area (Å²) in [7, 11) is 0. The van der Waals surface area contributed by atoms with E-state index in [9.17, 15) is 5.11 Å². The normalized spacial score (nSPS) is 31.2. The Hall–Kier alpha value is -0.0800. The quantitative estimate of drug-likeness (QED) is 0.725. The van der Waals surface area contributed by atoms with Gasteiger partial charge in [-0.3, -0.25) is 4.90 Å². The number of piperidine rings is 1. The van der Waals surface area contributed by atoms with Crippen LogP contribution >= 0.6 is 0 Å². The Balaban J connectivity index is 2.44. The molecule has 0 radical (unpaired) electrons. The lowest BCUT2D eigenvalue weighted by Crippen LogP contribution is -2.46. The fraction of sp³-hybridized carbons (Fsp3) is 1.00. The van der Waals surface area contributed by atoms with Crippen LogP contribution in [0.2, 0.25) is 0 Å². The van der Waals surface area contributed by atoms with Crippen LogP contribution in [0.1, 0.15) is 40.0 Å². The summed E-state index contributed by atoms with van der Waals surface area (Å²) in [5, 5.41) is 9.60. The second-order valence-electron chi connectivity index (χ2n) is 4.30. The van der Waals surface area contributed by atoms with Gasteiger partial charge in [-0.25, -0.2) is 0 Å². The molecule has 1 rings (SSSR count). The maximum atomic E-state index is 9.60. The first-order chi connectivity index (χ1) is 6.19. The van der Waals surface area contributed by atoms with E-state index in [-0.39, 0.29) is 6.10 Å². The Bertz CT molecular complexity index is 145. The molecule has 1 saturated heterocycles. The van der Waals surface area contributed by atoms with Gasteiger partial charge in [-0.2, -0.15) is 0 Å². The zero-order valence-corrected chi connectivity index (χ0v) is 9.16. The van der Waals surface area contributed by atoms with Gasteiger partial charge in [0, 0.05) is 19.1 Å². The number of aliphatic hydroxyl groups excluding tert-OH is 1. The van der Waals surface area contributed by atoms with E-state index in [1.54, 1.807) is 0 Å². The lowest BCUT2D eigenvalue weighted by molar-refractivity contribution is 0.0156. The van der Waals surface area contributed by atoms with Crippen LogP contribution in [0.4, 0.5) is 0 Å². The highest BCUT2D eigenvalue weighted by Gasteiger charge is 2.26. The highest BCUT2D eigenvalue weighted by molar-refractivity contribution is 4.80. The van der Waals surface area contributed by atoms with Crippen molar-refractivity contribution in [2.75, 3.05) is 13.1 Å². The molecule has 1 fully saturated rings. The summed E-state index contributed by atoms with van der Waals surface area (Å²) in [5.74, 6) is 0.453. The summed E-state index contributed by atoms with van der Waals surface area (Å²) < 4.78 is 0. The first-order valence-electron chi connectivity index (χ1n) is 5.61. The number of hydrogen-bond donors (Lipinski definition) is 1. The Morgan fingerprint density at radius 3 is 2.46 bits per heavy atom. The highest BCUT2D eigenvalue weighted by Crippen LogP contribution is 2.20. The molecular formula is C11H23NO. The second-order valence-corrected chi connectivity index (χ2v) is 4.30. The van der Waals surface area contributed by atoms with Gasteiger partial charge >= 0.3 is 0 Å². The van der Waals surface area contributed by atoms with Gasteiger partial charge in [0.15, 0.2) is 0 Å². The predicted molar refractivity (Wildman–Crippen MR) is 55.7 cm³/mol. The minimum Gasteiger partial charge on any atom is -0.393 e. The van der Waals surface area contributed by atoms with Crippen molar-refractivity contribution in [3.05, 3.63) is 0 Å². The van der Waals surface area contributed by atoms with E-state index in [1.807, 2.05) is 0 Å². The van der Waals surface area contributed by atoms with Gasteiger partial charge < -0.3 is 5.11 Å². The molecule has 78 valence electrons. The van der Waals surface area contributed by atoms with Crippen molar-refractivity contribution in [3.8, 4) is 0 Å². The zero-order valence-electron chi connectivity index (χ0n) is 9.16. The van der Waals surface area contributed by atoms with E-state index in [4.69, 9.17) is 0 Å². The number of rotatable bonds is 3. The van der Waals surface area contributed by atoms with Crippen LogP contribution in [0.5, 0.6) is 0 Å². The average molecular weight is 185 g/mol. The molecule has 0 aromatic heterocycles. The van der Waals surface area contributed by atoms with Gasteiger partial charge in [-0.05, 0) is 25.2 Å². The van der Waals surface area contributed by atoms with Crippen LogP contribution in [-0.4, -0.2) is 35.2 Å². The topological polar surface area (TPSA) is 23.5 Å². The molecule has 1 aliphatic heterocycles. The largest absolute Gasteiger partial charge is 0.393 e. The van der Waals surface area contributed by atoms with Gasteiger partial charge in [0.05, 0.1) is 6.10 Å². The summed E-state index contributed by atoms with van der Waals surface area (Å²) in [5.41, 5.74) is 0. The number of hydrogen-bond acceptors (Lipinski definition) is 2. The maximum absolute atomic E-state index is 9.60. The molecule has 2 atom stereocenters. The molecule has 0 bridgehead atoms. The van der Waals surface area contributed by atoms with Gasteiger partial charge in [0.2, 0.25) is 0 Å². The van der Waals surface area contributed by atoms with Gasteiger partial charge in [0.25, 0.3) is 0 Å². The van der Waals surface area contributed by atoms with Crippen LogP contribution < -0.4 is 0 Å². The predicted octanol–water partition coefficient (Wildman–Crippen LogP) is 1.88. The van der Waals surface area contributed by atoms with Crippen LogP contribution in [0, 0.1) is 5.92 Å². The number of aliphatic hydroxyl groups is 1. The van der Waals surface area contributed by atoms with E-state index in [0.29, 0.717) is 5.92 Å². The van der Waals surface area contributed by atoms with Crippen LogP contribution in [-0.2, 0) is 0 Å². The maximum Gasteiger partial charge on any atom is 0.0590 e. The zero-order chi connectivity index (χ0) is 9.84. The summed E-state index contributed by atoms with van der Waals surface area (Å²) in [6, 6.07) is 0.731. The van der Waals surface area contributed by atoms with Crippen molar-refractivity contribution >= 4 is 0 Å². The SMILES string of the molecule is CCC(CC)N1CCC(O)C(C)C1. The third kappa shape index (κ3) is 2.68.